The van der Waals surface area contributed by atoms with E-state index in [1.54, 1.807) is 29.2 Å². The van der Waals surface area contributed by atoms with E-state index in [1.165, 1.54) is 7.11 Å². The molecule has 1 aliphatic heterocycles. The lowest BCUT2D eigenvalue weighted by Crippen LogP contribution is -2.39. The third-order valence-electron chi connectivity index (χ3n) is 4.91. The van der Waals surface area contributed by atoms with Gasteiger partial charge in [-0.3, -0.25) is 4.79 Å². The first-order chi connectivity index (χ1) is 13.9. The number of unbranched alkanes of at least 4 members (excludes halogenated alkanes) is 3. The molecule has 9 heteroatoms. The number of fused-ring (bicyclic) bond motifs is 1. The molecule has 0 radical (unpaired) electrons. The molecular weight excluding hydrogens is 385 g/mol. The van der Waals surface area contributed by atoms with Crippen LogP contribution in [0.3, 0.4) is 0 Å². The molecule has 154 valence electrons. The zero-order chi connectivity index (χ0) is 21.0. The highest BCUT2D eigenvalue weighted by molar-refractivity contribution is 5.96. The van der Waals surface area contributed by atoms with Gasteiger partial charge in [-0.1, -0.05) is 6.42 Å². The van der Waals surface area contributed by atoms with E-state index in [4.69, 9.17) is 10.00 Å². The number of amides is 1. The Bertz CT molecular complexity index is 914. The molecular formula is C20H21F3N4O2. The van der Waals surface area contributed by atoms with Gasteiger partial charge in [0.05, 0.1) is 18.9 Å². The van der Waals surface area contributed by atoms with Crippen LogP contribution in [0.1, 0.15) is 47.4 Å². The molecule has 0 saturated heterocycles. The quantitative estimate of drug-likeness (QED) is 0.652. The van der Waals surface area contributed by atoms with Crippen molar-refractivity contribution in [3.8, 4) is 17.5 Å². The summed E-state index contributed by atoms with van der Waals surface area (Å²) >= 11 is 0. The van der Waals surface area contributed by atoms with E-state index in [9.17, 15) is 18.0 Å². The summed E-state index contributed by atoms with van der Waals surface area (Å²) in [4.78, 5) is 14.6. The van der Waals surface area contributed by atoms with Gasteiger partial charge >= 0.3 is 6.18 Å². The minimum absolute atomic E-state index is 0.0363. The molecule has 0 N–H and O–H groups in total. The number of carbonyl (C=O) groups is 1. The minimum Gasteiger partial charge on any atom is -0.497 e. The van der Waals surface area contributed by atoms with E-state index in [-0.39, 0.29) is 24.2 Å². The summed E-state index contributed by atoms with van der Waals surface area (Å²) < 4.78 is 46.7. The maximum Gasteiger partial charge on any atom is 0.435 e. The predicted octanol–water partition coefficient (Wildman–Crippen LogP) is 3.98. The van der Waals surface area contributed by atoms with E-state index in [0.717, 1.165) is 17.5 Å². The Labute approximate surface area is 166 Å². The zero-order valence-corrected chi connectivity index (χ0v) is 16.0. The molecule has 1 aromatic carbocycles. The van der Waals surface area contributed by atoms with Gasteiger partial charge in [0.15, 0.2) is 5.69 Å². The second-order valence-corrected chi connectivity index (χ2v) is 6.79. The number of benzene rings is 1. The van der Waals surface area contributed by atoms with Gasteiger partial charge in [0.2, 0.25) is 0 Å². The molecule has 3 rings (SSSR count). The Morgan fingerprint density at radius 2 is 1.93 bits per heavy atom. The largest absolute Gasteiger partial charge is 0.497 e. The van der Waals surface area contributed by atoms with Crippen LogP contribution in [0.2, 0.25) is 0 Å². The Balaban J connectivity index is 1.92. The maximum atomic E-state index is 13.5. The van der Waals surface area contributed by atoms with Crippen molar-refractivity contribution in [1.82, 2.24) is 14.7 Å². The summed E-state index contributed by atoms with van der Waals surface area (Å²) in [7, 11) is 1.49. The fraction of sp³-hybridized carbons (Fsp3) is 0.450. The average molecular weight is 406 g/mol. The number of alkyl halides is 3. The fourth-order valence-corrected chi connectivity index (χ4v) is 3.44. The first-order valence-electron chi connectivity index (χ1n) is 9.36. The highest BCUT2D eigenvalue weighted by Gasteiger charge is 2.43. The van der Waals surface area contributed by atoms with Crippen molar-refractivity contribution in [2.75, 3.05) is 20.2 Å². The molecule has 0 saturated carbocycles. The van der Waals surface area contributed by atoms with Gasteiger partial charge in [-0.2, -0.15) is 23.5 Å². The van der Waals surface area contributed by atoms with Crippen LogP contribution in [-0.2, 0) is 12.6 Å². The zero-order valence-electron chi connectivity index (χ0n) is 16.0. The first-order valence-corrected chi connectivity index (χ1v) is 9.36. The molecule has 0 atom stereocenters. The van der Waals surface area contributed by atoms with Crippen LogP contribution in [0.15, 0.2) is 24.3 Å². The lowest BCUT2D eigenvalue weighted by molar-refractivity contribution is -0.142. The molecule has 29 heavy (non-hydrogen) atoms. The number of nitriles is 1. The first kappa shape index (κ1) is 20.7. The van der Waals surface area contributed by atoms with Crippen molar-refractivity contribution in [3.05, 3.63) is 41.2 Å². The van der Waals surface area contributed by atoms with Crippen molar-refractivity contribution in [3.63, 3.8) is 0 Å². The van der Waals surface area contributed by atoms with Gasteiger partial charge in [0.1, 0.15) is 11.4 Å². The Morgan fingerprint density at radius 3 is 2.55 bits per heavy atom. The third-order valence-corrected chi connectivity index (χ3v) is 4.91. The molecule has 0 bridgehead atoms. The lowest BCUT2D eigenvalue weighted by Gasteiger charge is -2.28. The summed E-state index contributed by atoms with van der Waals surface area (Å²) in [6.45, 7) is 0.667. The number of methoxy groups -OCH3 is 1. The molecule has 0 spiro atoms. The standard InChI is InChI=1S/C20H21F3N4O2/c1-29-15-8-6-14(7-9-15)27-17-16(18(25-27)20(21,22)23)10-13-26(19(17)28)12-5-3-2-4-11-24/h6-9H,2-5,10,12-13H2,1H3. The Kier molecular flexibility index (Phi) is 6.11. The van der Waals surface area contributed by atoms with Crippen LogP contribution in [0.5, 0.6) is 5.75 Å². The lowest BCUT2D eigenvalue weighted by atomic mass is 10.0. The highest BCUT2D eigenvalue weighted by atomic mass is 19.4. The van der Waals surface area contributed by atoms with E-state index in [1.807, 2.05) is 0 Å². The minimum atomic E-state index is -4.64. The second-order valence-electron chi connectivity index (χ2n) is 6.79. The fourth-order valence-electron chi connectivity index (χ4n) is 3.44. The third kappa shape index (κ3) is 4.36. The van der Waals surface area contributed by atoms with Gasteiger partial charge in [-0.05, 0) is 43.5 Å². The predicted molar refractivity (Wildman–Crippen MR) is 98.8 cm³/mol. The number of hydrogen-bond donors (Lipinski definition) is 0. The summed E-state index contributed by atoms with van der Waals surface area (Å²) in [6, 6.07) is 8.43. The number of ether oxygens (including phenoxy) is 1. The highest BCUT2D eigenvalue weighted by Crippen LogP contribution is 2.36. The number of rotatable bonds is 7. The number of nitrogens with zero attached hydrogens (tertiary/aromatic N) is 4. The molecule has 1 aromatic heterocycles. The molecule has 1 amide bonds. The van der Waals surface area contributed by atoms with E-state index < -0.39 is 17.8 Å². The van der Waals surface area contributed by atoms with Gasteiger partial charge in [0.25, 0.3) is 5.91 Å². The Morgan fingerprint density at radius 1 is 1.21 bits per heavy atom. The van der Waals surface area contributed by atoms with Crippen LogP contribution < -0.4 is 4.74 Å². The normalized spacial score (nSPS) is 13.9. The van der Waals surface area contributed by atoms with Crippen molar-refractivity contribution < 1.29 is 22.7 Å². The number of aromatic nitrogens is 2. The van der Waals surface area contributed by atoms with Crippen LogP contribution in [-0.4, -0.2) is 40.8 Å². The SMILES string of the molecule is COc1ccc(-n2nc(C(F)(F)F)c3c2C(=O)N(CCCCCC#N)CC3)cc1. The van der Waals surface area contributed by atoms with Gasteiger partial charge < -0.3 is 9.64 Å². The molecule has 0 unspecified atom stereocenters. The maximum absolute atomic E-state index is 13.5. The van der Waals surface area contributed by atoms with Gasteiger partial charge in [-0.25, -0.2) is 4.68 Å². The number of halogens is 3. The van der Waals surface area contributed by atoms with E-state index in [0.29, 0.717) is 30.8 Å². The summed E-state index contributed by atoms with van der Waals surface area (Å²) in [6.07, 6.45) is -1.85. The number of carbonyl (C=O) groups excluding carboxylic acids is 1. The van der Waals surface area contributed by atoms with Crippen LogP contribution in [0.4, 0.5) is 13.2 Å². The molecule has 2 heterocycles. The molecule has 2 aromatic rings. The summed E-state index contributed by atoms with van der Waals surface area (Å²) in [5.74, 6) is 0.0986. The van der Waals surface area contributed by atoms with Crippen LogP contribution in [0, 0.1) is 11.3 Å². The van der Waals surface area contributed by atoms with Crippen molar-refractivity contribution in [1.29, 1.82) is 5.26 Å². The van der Waals surface area contributed by atoms with Gasteiger partial charge in [-0.15, -0.1) is 0 Å². The van der Waals surface area contributed by atoms with E-state index >= 15 is 0 Å². The van der Waals surface area contributed by atoms with Crippen LogP contribution >= 0.6 is 0 Å². The summed E-state index contributed by atoms with van der Waals surface area (Å²) in [5, 5.41) is 12.3. The molecule has 6 nitrogen and oxygen atoms in total. The molecule has 0 aliphatic carbocycles. The van der Waals surface area contributed by atoms with Crippen LogP contribution in [0.25, 0.3) is 5.69 Å². The van der Waals surface area contributed by atoms with Crippen molar-refractivity contribution in [2.24, 2.45) is 0 Å². The number of hydrogen-bond acceptors (Lipinski definition) is 4. The smallest absolute Gasteiger partial charge is 0.435 e. The molecule has 1 aliphatic rings. The monoisotopic (exact) mass is 406 g/mol. The summed E-state index contributed by atoms with van der Waals surface area (Å²) in [5.41, 5.74) is -0.739. The van der Waals surface area contributed by atoms with Crippen molar-refractivity contribution >= 4 is 5.91 Å². The molecule has 0 fully saturated rings. The van der Waals surface area contributed by atoms with Gasteiger partial charge in [0, 0.05) is 25.1 Å². The topological polar surface area (TPSA) is 71.2 Å². The van der Waals surface area contributed by atoms with E-state index in [2.05, 4.69) is 11.2 Å². The van der Waals surface area contributed by atoms with Crippen molar-refractivity contribution in [2.45, 2.75) is 38.3 Å². The second kappa shape index (κ2) is 8.55. The Hall–Kier alpha value is -3.02. The average Bonchev–Trinajstić information content (AvgIpc) is 3.10.